The van der Waals surface area contributed by atoms with E-state index in [1.54, 1.807) is 0 Å². The molecule has 0 fully saturated rings. The number of pyridine rings is 1. The fourth-order valence-electron chi connectivity index (χ4n) is 2.30. The minimum absolute atomic E-state index is 0.460. The van der Waals surface area contributed by atoms with E-state index in [-0.39, 0.29) is 0 Å². The third-order valence-corrected chi connectivity index (χ3v) is 3.14. The lowest BCUT2D eigenvalue weighted by molar-refractivity contribution is 0.372. The standard InChI is InChI=1S/C15H28N4/c1-6-16-11-14-9-8-10-15(17-14)19(7-2)13(3)12-18(4)5/h8-10,13,16H,6-7,11-12H2,1-5H3. The normalized spacial score (nSPS) is 12.7. The lowest BCUT2D eigenvalue weighted by atomic mass is 10.2. The first kappa shape index (κ1) is 15.9. The maximum Gasteiger partial charge on any atom is 0.129 e. The van der Waals surface area contributed by atoms with Gasteiger partial charge in [0.25, 0.3) is 0 Å². The van der Waals surface area contributed by atoms with Gasteiger partial charge in [-0.15, -0.1) is 0 Å². The number of anilines is 1. The van der Waals surface area contributed by atoms with Gasteiger partial charge in [0.05, 0.1) is 5.69 Å². The Morgan fingerprint density at radius 1 is 1.26 bits per heavy atom. The molecule has 0 saturated heterocycles. The largest absolute Gasteiger partial charge is 0.353 e. The molecule has 1 aromatic rings. The van der Waals surface area contributed by atoms with Crippen LogP contribution in [0.15, 0.2) is 18.2 Å². The van der Waals surface area contributed by atoms with Gasteiger partial charge in [0, 0.05) is 25.7 Å². The van der Waals surface area contributed by atoms with E-state index >= 15 is 0 Å². The highest BCUT2D eigenvalue weighted by atomic mass is 15.2. The first-order valence-electron chi connectivity index (χ1n) is 7.16. The molecule has 0 aliphatic heterocycles. The van der Waals surface area contributed by atoms with Crippen LogP contribution in [-0.2, 0) is 6.54 Å². The molecule has 0 aliphatic carbocycles. The zero-order valence-electron chi connectivity index (χ0n) is 13.0. The lowest BCUT2D eigenvalue weighted by Gasteiger charge is -2.31. The highest BCUT2D eigenvalue weighted by molar-refractivity contribution is 5.40. The van der Waals surface area contributed by atoms with Crippen LogP contribution in [0.5, 0.6) is 0 Å². The van der Waals surface area contributed by atoms with E-state index in [1.165, 1.54) is 0 Å². The van der Waals surface area contributed by atoms with E-state index in [0.29, 0.717) is 6.04 Å². The summed E-state index contributed by atoms with van der Waals surface area (Å²) in [6, 6.07) is 6.74. The number of rotatable bonds is 8. The first-order valence-corrected chi connectivity index (χ1v) is 7.16. The maximum absolute atomic E-state index is 4.75. The molecule has 0 radical (unpaired) electrons. The summed E-state index contributed by atoms with van der Waals surface area (Å²) in [5, 5.41) is 3.32. The molecule has 1 rings (SSSR count). The summed E-state index contributed by atoms with van der Waals surface area (Å²) in [4.78, 5) is 9.33. The smallest absolute Gasteiger partial charge is 0.129 e. The van der Waals surface area contributed by atoms with Crippen LogP contribution in [0, 0.1) is 0 Å². The Morgan fingerprint density at radius 3 is 2.58 bits per heavy atom. The lowest BCUT2D eigenvalue weighted by Crippen LogP contribution is -2.40. The van der Waals surface area contributed by atoms with Crippen LogP contribution in [0.2, 0.25) is 0 Å². The van der Waals surface area contributed by atoms with Crippen LogP contribution in [0.4, 0.5) is 5.82 Å². The summed E-state index contributed by atoms with van der Waals surface area (Å²) >= 11 is 0. The highest BCUT2D eigenvalue weighted by Gasteiger charge is 2.14. The van der Waals surface area contributed by atoms with Crippen molar-refractivity contribution >= 4 is 5.82 Å². The van der Waals surface area contributed by atoms with Crippen molar-refractivity contribution in [1.82, 2.24) is 15.2 Å². The van der Waals surface area contributed by atoms with Gasteiger partial charge in [0.1, 0.15) is 5.82 Å². The minimum Gasteiger partial charge on any atom is -0.353 e. The van der Waals surface area contributed by atoms with E-state index in [1.807, 2.05) is 0 Å². The van der Waals surface area contributed by atoms with Crippen molar-refractivity contribution in [3.63, 3.8) is 0 Å². The highest BCUT2D eigenvalue weighted by Crippen LogP contribution is 2.15. The molecule has 1 N–H and O–H groups in total. The van der Waals surface area contributed by atoms with Crippen LogP contribution in [0.3, 0.4) is 0 Å². The Kier molecular flexibility index (Phi) is 6.81. The molecule has 0 aromatic carbocycles. The van der Waals surface area contributed by atoms with E-state index in [0.717, 1.165) is 37.7 Å². The van der Waals surface area contributed by atoms with Gasteiger partial charge in [-0.1, -0.05) is 13.0 Å². The quantitative estimate of drug-likeness (QED) is 0.778. The van der Waals surface area contributed by atoms with Crippen molar-refractivity contribution in [2.24, 2.45) is 0 Å². The van der Waals surface area contributed by atoms with Gasteiger partial charge < -0.3 is 15.1 Å². The Bertz CT molecular complexity index is 365. The second kappa shape index (κ2) is 8.12. The van der Waals surface area contributed by atoms with Crippen molar-refractivity contribution in [2.45, 2.75) is 33.4 Å². The molecule has 1 unspecified atom stereocenters. The molecule has 0 bridgehead atoms. The molecular formula is C15H28N4. The van der Waals surface area contributed by atoms with Crippen LogP contribution in [0.1, 0.15) is 26.5 Å². The fourth-order valence-corrected chi connectivity index (χ4v) is 2.30. The SMILES string of the molecule is CCNCc1cccc(N(CC)C(C)CN(C)C)n1. The molecule has 4 nitrogen and oxygen atoms in total. The predicted octanol–water partition coefficient (Wildman–Crippen LogP) is 1.97. The van der Waals surface area contributed by atoms with Gasteiger partial charge in [-0.05, 0) is 46.6 Å². The minimum atomic E-state index is 0.460. The Balaban J connectivity index is 2.79. The molecule has 0 spiro atoms. The second-order valence-electron chi connectivity index (χ2n) is 5.16. The van der Waals surface area contributed by atoms with Crippen molar-refractivity contribution in [2.75, 3.05) is 38.6 Å². The zero-order chi connectivity index (χ0) is 14.3. The van der Waals surface area contributed by atoms with Gasteiger partial charge in [-0.25, -0.2) is 4.98 Å². The molecule has 4 heteroatoms. The average molecular weight is 264 g/mol. The number of likely N-dealkylation sites (N-methyl/N-ethyl adjacent to an activating group) is 2. The number of nitrogens with zero attached hydrogens (tertiary/aromatic N) is 3. The first-order chi connectivity index (χ1) is 9.08. The molecule has 19 heavy (non-hydrogen) atoms. The summed E-state index contributed by atoms with van der Waals surface area (Å²) in [5.41, 5.74) is 1.11. The topological polar surface area (TPSA) is 31.4 Å². The molecular weight excluding hydrogens is 236 g/mol. The summed E-state index contributed by atoms with van der Waals surface area (Å²) in [6.07, 6.45) is 0. The molecule has 1 atom stereocenters. The molecule has 0 saturated carbocycles. The van der Waals surface area contributed by atoms with E-state index in [9.17, 15) is 0 Å². The van der Waals surface area contributed by atoms with Gasteiger partial charge >= 0.3 is 0 Å². The maximum atomic E-state index is 4.75. The van der Waals surface area contributed by atoms with Gasteiger partial charge in [0.15, 0.2) is 0 Å². The van der Waals surface area contributed by atoms with E-state index < -0.39 is 0 Å². The van der Waals surface area contributed by atoms with Gasteiger partial charge in [-0.3, -0.25) is 0 Å². The molecule has 1 heterocycles. The third kappa shape index (κ3) is 5.17. The van der Waals surface area contributed by atoms with Crippen molar-refractivity contribution < 1.29 is 0 Å². The van der Waals surface area contributed by atoms with E-state index in [4.69, 9.17) is 4.98 Å². The van der Waals surface area contributed by atoms with Gasteiger partial charge in [0.2, 0.25) is 0 Å². The predicted molar refractivity (Wildman–Crippen MR) is 82.7 cm³/mol. The molecule has 1 aromatic heterocycles. The Hall–Kier alpha value is -1.13. The zero-order valence-corrected chi connectivity index (χ0v) is 13.0. The van der Waals surface area contributed by atoms with Crippen molar-refractivity contribution in [3.8, 4) is 0 Å². The number of hydrogen-bond donors (Lipinski definition) is 1. The van der Waals surface area contributed by atoms with Crippen molar-refractivity contribution in [3.05, 3.63) is 23.9 Å². The molecule has 0 amide bonds. The summed E-state index contributed by atoms with van der Waals surface area (Å²) < 4.78 is 0. The van der Waals surface area contributed by atoms with E-state index in [2.05, 4.69) is 68.2 Å². The molecule has 108 valence electrons. The number of aromatic nitrogens is 1. The Labute approximate surface area is 117 Å². The van der Waals surface area contributed by atoms with Crippen LogP contribution in [0.25, 0.3) is 0 Å². The third-order valence-electron chi connectivity index (χ3n) is 3.14. The monoisotopic (exact) mass is 264 g/mol. The van der Waals surface area contributed by atoms with Crippen molar-refractivity contribution in [1.29, 1.82) is 0 Å². The van der Waals surface area contributed by atoms with Crippen LogP contribution >= 0.6 is 0 Å². The number of hydrogen-bond acceptors (Lipinski definition) is 4. The second-order valence-corrected chi connectivity index (χ2v) is 5.16. The van der Waals surface area contributed by atoms with Gasteiger partial charge in [-0.2, -0.15) is 0 Å². The summed E-state index contributed by atoms with van der Waals surface area (Å²) in [5.74, 6) is 1.08. The summed E-state index contributed by atoms with van der Waals surface area (Å²) in [7, 11) is 4.22. The van der Waals surface area contributed by atoms with Crippen LogP contribution < -0.4 is 10.2 Å². The Morgan fingerprint density at radius 2 is 2.00 bits per heavy atom. The summed E-state index contributed by atoms with van der Waals surface area (Å²) in [6.45, 7) is 10.4. The fraction of sp³-hybridized carbons (Fsp3) is 0.667. The number of nitrogens with one attached hydrogen (secondary N) is 1. The molecule has 0 aliphatic rings. The van der Waals surface area contributed by atoms with Crippen LogP contribution in [-0.4, -0.2) is 49.7 Å². The average Bonchev–Trinajstić information content (AvgIpc) is 2.37.